The molecule has 0 amide bonds. The molecule has 0 aliphatic heterocycles. The van der Waals surface area contributed by atoms with Crippen molar-refractivity contribution < 1.29 is 17.6 Å². The first-order valence-electron chi connectivity index (χ1n) is 9.92. The number of rotatable bonds is 6. The van der Waals surface area contributed by atoms with Gasteiger partial charge in [0.1, 0.15) is 5.69 Å². The minimum absolute atomic E-state index is 0.0895. The summed E-state index contributed by atoms with van der Waals surface area (Å²) in [6, 6.07) is 9.80. The molecule has 2 N–H and O–H groups in total. The molecule has 0 fully saturated rings. The lowest BCUT2D eigenvalue weighted by Gasteiger charge is -2.10. The Bertz CT molecular complexity index is 1320. The molecule has 0 radical (unpaired) electrons. The Kier molecular flexibility index (Phi) is 6.44. The summed E-state index contributed by atoms with van der Waals surface area (Å²) in [5.74, 6) is -0.485. The highest BCUT2D eigenvalue weighted by Gasteiger charge is 2.30. The van der Waals surface area contributed by atoms with Crippen molar-refractivity contribution in [3.05, 3.63) is 89.9 Å². The van der Waals surface area contributed by atoms with Gasteiger partial charge in [-0.25, -0.2) is 19.8 Å². The van der Waals surface area contributed by atoms with Crippen LogP contribution in [0.15, 0.2) is 72.4 Å². The molecule has 172 valence electrons. The number of hydrogen-bond donors (Lipinski definition) is 2. The molecule has 0 atom stereocenters. The van der Waals surface area contributed by atoms with E-state index < -0.39 is 17.6 Å². The lowest BCUT2D eigenvalue weighted by Crippen LogP contribution is -2.05. The quantitative estimate of drug-likeness (QED) is 0.218. The van der Waals surface area contributed by atoms with Gasteiger partial charge in [0.2, 0.25) is 5.95 Å². The second kappa shape index (κ2) is 9.61. The highest BCUT2D eigenvalue weighted by Crippen LogP contribution is 2.31. The van der Waals surface area contributed by atoms with E-state index in [-0.39, 0.29) is 17.3 Å². The van der Waals surface area contributed by atoms with Gasteiger partial charge in [0, 0.05) is 23.6 Å². The molecule has 0 saturated heterocycles. The van der Waals surface area contributed by atoms with Gasteiger partial charge in [-0.05, 0) is 48.9 Å². The molecule has 3 heterocycles. The van der Waals surface area contributed by atoms with E-state index in [1.54, 1.807) is 37.5 Å². The van der Waals surface area contributed by atoms with Crippen LogP contribution in [0.4, 0.5) is 34.9 Å². The van der Waals surface area contributed by atoms with Crippen molar-refractivity contribution in [2.45, 2.75) is 13.1 Å². The van der Waals surface area contributed by atoms with Crippen LogP contribution in [0.1, 0.15) is 16.8 Å². The minimum Gasteiger partial charge on any atom is -0.354 e. The maximum Gasteiger partial charge on any atom is 0.416 e. The lowest BCUT2D eigenvalue weighted by molar-refractivity contribution is -0.137. The first kappa shape index (κ1) is 22.8. The largest absolute Gasteiger partial charge is 0.416 e. The number of pyridine rings is 2. The normalized spacial score (nSPS) is 11.6. The number of aryl methyl sites for hydroxylation is 1. The van der Waals surface area contributed by atoms with Gasteiger partial charge in [0.15, 0.2) is 5.82 Å². The van der Waals surface area contributed by atoms with E-state index in [0.717, 1.165) is 23.9 Å². The Morgan fingerprint density at radius 2 is 1.82 bits per heavy atom. The summed E-state index contributed by atoms with van der Waals surface area (Å²) in [6.07, 6.45) is 2.64. The average molecular weight is 467 g/mol. The number of benzene rings is 1. The second-order valence-corrected chi connectivity index (χ2v) is 7.13. The first-order valence-corrected chi connectivity index (χ1v) is 9.92. The number of nitrogens with zero attached hydrogens (tertiary/aromatic N) is 5. The van der Waals surface area contributed by atoms with E-state index in [2.05, 4.69) is 35.8 Å². The fourth-order valence-electron chi connectivity index (χ4n) is 3.00. The summed E-state index contributed by atoms with van der Waals surface area (Å²) in [4.78, 5) is 16.2. The van der Waals surface area contributed by atoms with E-state index in [1.807, 2.05) is 0 Å². The number of anilines is 3. The standard InChI is InChI=1S/C23H17F4N7/c1-14-10-28-8-7-19(14)21-20(24)13-30-22(33-21)34-31-12-17-5-6-18(11-29-17)32-16-4-2-3-15(9-16)23(25,26)27/h2-13,32H,1H3,(H,30,33,34)/b31-12+. The van der Waals surface area contributed by atoms with Gasteiger partial charge >= 0.3 is 6.18 Å². The molecule has 7 nitrogen and oxygen atoms in total. The third kappa shape index (κ3) is 5.49. The molecule has 34 heavy (non-hydrogen) atoms. The molecule has 0 unspecified atom stereocenters. The Labute approximate surface area is 191 Å². The molecule has 4 aromatic rings. The molecule has 11 heteroatoms. The van der Waals surface area contributed by atoms with Crippen molar-refractivity contribution in [3.8, 4) is 11.3 Å². The van der Waals surface area contributed by atoms with Crippen LogP contribution in [0.2, 0.25) is 0 Å². The van der Waals surface area contributed by atoms with Crippen LogP contribution < -0.4 is 10.7 Å². The van der Waals surface area contributed by atoms with E-state index >= 15 is 0 Å². The number of hydrogen-bond acceptors (Lipinski definition) is 7. The van der Waals surface area contributed by atoms with Gasteiger partial charge in [-0.15, -0.1) is 0 Å². The summed E-state index contributed by atoms with van der Waals surface area (Å²) in [5.41, 5.74) is 4.61. The predicted octanol–water partition coefficient (Wildman–Crippen LogP) is 5.59. The van der Waals surface area contributed by atoms with Gasteiger partial charge in [-0.1, -0.05) is 6.07 Å². The SMILES string of the molecule is Cc1cnccc1-c1nc(N/N=C/c2ccc(Nc3cccc(C(F)(F)F)c3)cn2)ncc1F. The maximum absolute atomic E-state index is 14.2. The molecule has 3 aromatic heterocycles. The van der Waals surface area contributed by atoms with Gasteiger partial charge in [0.25, 0.3) is 0 Å². The fraction of sp³-hybridized carbons (Fsp3) is 0.0870. The predicted molar refractivity (Wildman–Crippen MR) is 120 cm³/mol. The zero-order chi connectivity index (χ0) is 24.1. The third-order valence-electron chi connectivity index (χ3n) is 4.65. The topological polar surface area (TPSA) is 88.0 Å². The molecule has 0 bridgehead atoms. The third-order valence-corrected chi connectivity index (χ3v) is 4.65. The van der Waals surface area contributed by atoms with Crippen LogP contribution in [0.25, 0.3) is 11.3 Å². The van der Waals surface area contributed by atoms with Gasteiger partial charge in [-0.3, -0.25) is 9.97 Å². The first-order chi connectivity index (χ1) is 16.3. The summed E-state index contributed by atoms with van der Waals surface area (Å²) in [5, 5.41) is 6.88. The Hall–Kier alpha value is -4.41. The highest BCUT2D eigenvalue weighted by molar-refractivity contribution is 5.78. The Morgan fingerprint density at radius 3 is 2.56 bits per heavy atom. The van der Waals surface area contributed by atoms with E-state index in [1.165, 1.54) is 24.5 Å². The second-order valence-electron chi connectivity index (χ2n) is 7.13. The summed E-state index contributed by atoms with van der Waals surface area (Å²) in [7, 11) is 0. The van der Waals surface area contributed by atoms with Crippen molar-refractivity contribution in [1.82, 2.24) is 19.9 Å². The summed E-state index contributed by atoms with van der Waals surface area (Å²) < 4.78 is 52.8. The highest BCUT2D eigenvalue weighted by atomic mass is 19.4. The Balaban J connectivity index is 1.42. The zero-order valence-electron chi connectivity index (χ0n) is 17.7. The smallest absolute Gasteiger partial charge is 0.354 e. The van der Waals surface area contributed by atoms with E-state index in [4.69, 9.17) is 0 Å². The minimum atomic E-state index is -4.42. The lowest BCUT2D eigenvalue weighted by atomic mass is 10.1. The van der Waals surface area contributed by atoms with Crippen LogP contribution >= 0.6 is 0 Å². The maximum atomic E-state index is 14.2. The Morgan fingerprint density at radius 1 is 0.971 bits per heavy atom. The number of alkyl halides is 3. The van der Waals surface area contributed by atoms with Gasteiger partial charge in [-0.2, -0.15) is 18.3 Å². The van der Waals surface area contributed by atoms with Crippen LogP contribution in [-0.2, 0) is 6.18 Å². The molecular weight excluding hydrogens is 450 g/mol. The monoisotopic (exact) mass is 467 g/mol. The number of hydrazone groups is 1. The summed E-state index contributed by atoms with van der Waals surface area (Å²) >= 11 is 0. The van der Waals surface area contributed by atoms with E-state index in [0.29, 0.717) is 16.9 Å². The van der Waals surface area contributed by atoms with Crippen molar-refractivity contribution >= 4 is 23.5 Å². The molecule has 0 aliphatic rings. The summed E-state index contributed by atoms with van der Waals surface area (Å²) in [6.45, 7) is 1.80. The molecule has 1 aromatic carbocycles. The van der Waals surface area contributed by atoms with Crippen LogP contribution in [-0.4, -0.2) is 26.2 Å². The van der Waals surface area contributed by atoms with E-state index in [9.17, 15) is 17.6 Å². The van der Waals surface area contributed by atoms with Gasteiger partial charge in [0.05, 0.1) is 35.6 Å². The molecule has 0 aliphatic carbocycles. The number of aromatic nitrogens is 4. The fourth-order valence-corrected chi connectivity index (χ4v) is 3.00. The molecule has 0 saturated carbocycles. The van der Waals surface area contributed by atoms with Crippen molar-refractivity contribution in [2.24, 2.45) is 5.10 Å². The van der Waals surface area contributed by atoms with Crippen LogP contribution in [0.3, 0.4) is 0 Å². The van der Waals surface area contributed by atoms with Crippen molar-refractivity contribution in [1.29, 1.82) is 0 Å². The van der Waals surface area contributed by atoms with Gasteiger partial charge < -0.3 is 5.32 Å². The van der Waals surface area contributed by atoms with Crippen molar-refractivity contribution in [2.75, 3.05) is 10.7 Å². The van der Waals surface area contributed by atoms with Crippen molar-refractivity contribution in [3.63, 3.8) is 0 Å². The molecule has 0 spiro atoms. The van der Waals surface area contributed by atoms with Crippen LogP contribution in [0.5, 0.6) is 0 Å². The average Bonchev–Trinajstić information content (AvgIpc) is 2.81. The van der Waals surface area contributed by atoms with Crippen LogP contribution in [0, 0.1) is 12.7 Å². The number of halogens is 4. The molecule has 4 rings (SSSR count). The molecular formula is C23H17F4N7. The zero-order valence-corrected chi connectivity index (χ0v) is 17.7. The number of nitrogens with one attached hydrogen (secondary N) is 2.